The Labute approximate surface area is 112 Å². The fourth-order valence-corrected chi connectivity index (χ4v) is 3.64. The van der Waals surface area contributed by atoms with E-state index in [9.17, 15) is 0 Å². The average Bonchev–Trinajstić information content (AvgIpc) is 2.91. The summed E-state index contributed by atoms with van der Waals surface area (Å²) in [4.78, 5) is 11.8. The van der Waals surface area contributed by atoms with E-state index in [-0.39, 0.29) is 0 Å². The van der Waals surface area contributed by atoms with Crippen molar-refractivity contribution in [3.8, 4) is 0 Å². The van der Waals surface area contributed by atoms with Gasteiger partial charge in [-0.3, -0.25) is 4.90 Å². The number of hydrogen-bond donors (Lipinski definition) is 0. The van der Waals surface area contributed by atoms with Crippen LogP contribution in [-0.4, -0.2) is 27.5 Å². The number of rotatable bonds is 2. The van der Waals surface area contributed by atoms with Gasteiger partial charge in [0.05, 0.1) is 15.4 Å². The molecule has 1 fully saturated rings. The first-order valence-corrected chi connectivity index (χ1v) is 7.46. The molecule has 2 aromatic heterocycles. The molecule has 4 heteroatoms. The molecule has 18 heavy (non-hydrogen) atoms. The summed E-state index contributed by atoms with van der Waals surface area (Å²) in [7, 11) is 0. The highest BCUT2D eigenvalue weighted by atomic mass is 32.1. The van der Waals surface area contributed by atoms with Gasteiger partial charge < -0.3 is 0 Å². The van der Waals surface area contributed by atoms with Crippen molar-refractivity contribution in [2.24, 2.45) is 0 Å². The molecule has 0 aromatic carbocycles. The van der Waals surface area contributed by atoms with Crippen molar-refractivity contribution in [2.45, 2.75) is 45.7 Å². The molecule has 0 radical (unpaired) electrons. The van der Waals surface area contributed by atoms with Gasteiger partial charge >= 0.3 is 0 Å². The molecule has 3 rings (SSSR count). The molecular weight excluding hydrogens is 242 g/mol. The van der Waals surface area contributed by atoms with Crippen molar-refractivity contribution in [2.75, 3.05) is 6.54 Å². The van der Waals surface area contributed by atoms with E-state index in [1.54, 1.807) is 11.3 Å². The van der Waals surface area contributed by atoms with Gasteiger partial charge in [0.15, 0.2) is 5.65 Å². The van der Waals surface area contributed by atoms with E-state index in [1.807, 2.05) is 6.92 Å². The molecular formula is C14H19N3S. The molecule has 1 saturated heterocycles. The Morgan fingerprint density at radius 3 is 2.94 bits per heavy atom. The molecule has 0 spiro atoms. The van der Waals surface area contributed by atoms with Crippen LogP contribution in [0.4, 0.5) is 0 Å². The van der Waals surface area contributed by atoms with Crippen LogP contribution in [0.25, 0.3) is 10.3 Å². The average molecular weight is 261 g/mol. The standard InChI is InChI=1S/C14H19N3S/c1-9-5-4-8-17(9)10(2)12-6-7-13-14(16-12)15-11(3)18-13/h6-7,9-10H,4-5,8H2,1-3H3/t9-,10+/m0/s1. The van der Waals surface area contributed by atoms with Crippen molar-refractivity contribution in [1.29, 1.82) is 0 Å². The van der Waals surface area contributed by atoms with E-state index in [1.165, 1.54) is 24.1 Å². The lowest BCUT2D eigenvalue weighted by Gasteiger charge is -2.27. The maximum atomic E-state index is 4.73. The third-order valence-corrected chi connectivity index (χ3v) is 4.84. The summed E-state index contributed by atoms with van der Waals surface area (Å²) in [5.41, 5.74) is 2.07. The largest absolute Gasteiger partial charge is 0.292 e. The second kappa shape index (κ2) is 4.59. The lowest BCUT2D eigenvalue weighted by atomic mass is 10.1. The van der Waals surface area contributed by atoms with Crippen molar-refractivity contribution in [3.63, 3.8) is 0 Å². The zero-order valence-corrected chi connectivity index (χ0v) is 12.0. The van der Waals surface area contributed by atoms with E-state index < -0.39 is 0 Å². The van der Waals surface area contributed by atoms with Gasteiger partial charge in [0.1, 0.15) is 0 Å². The number of aromatic nitrogens is 2. The Hall–Kier alpha value is -1.00. The molecule has 0 bridgehead atoms. The first kappa shape index (κ1) is 12.1. The van der Waals surface area contributed by atoms with Crippen molar-refractivity contribution >= 4 is 21.7 Å². The molecule has 3 heterocycles. The first-order valence-electron chi connectivity index (χ1n) is 6.65. The predicted molar refractivity (Wildman–Crippen MR) is 76.0 cm³/mol. The van der Waals surface area contributed by atoms with Crippen LogP contribution in [0.2, 0.25) is 0 Å². The number of hydrogen-bond acceptors (Lipinski definition) is 4. The minimum Gasteiger partial charge on any atom is -0.292 e. The minimum atomic E-state index is 0.397. The van der Waals surface area contributed by atoms with Crippen molar-refractivity contribution < 1.29 is 0 Å². The predicted octanol–water partition coefficient (Wildman–Crippen LogP) is 3.55. The Bertz CT molecular complexity index is 563. The molecule has 1 aliphatic rings. The second-order valence-electron chi connectivity index (χ2n) is 5.20. The highest BCUT2D eigenvalue weighted by Gasteiger charge is 2.26. The number of nitrogens with zero attached hydrogens (tertiary/aromatic N) is 3. The lowest BCUT2D eigenvalue weighted by Crippen LogP contribution is -2.30. The first-order chi connectivity index (χ1) is 8.65. The summed E-state index contributed by atoms with van der Waals surface area (Å²) < 4.78 is 1.19. The van der Waals surface area contributed by atoms with Crippen LogP contribution in [0.3, 0.4) is 0 Å². The van der Waals surface area contributed by atoms with Crippen molar-refractivity contribution in [3.05, 3.63) is 22.8 Å². The van der Waals surface area contributed by atoms with Crippen LogP contribution < -0.4 is 0 Å². The SMILES string of the molecule is Cc1nc2nc([C@@H](C)N3CCC[C@@H]3C)ccc2s1. The maximum absolute atomic E-state index is 4.73. The zero-order chi connectivity index (χ0) is 12.7. The van der Waals surface area contributed by atoms with Crippen molar-refractivity contribution in [1.82, 2.24) is 14.9 Å². The third kappa shape index (κ3) is 2.04. The monoisotopic (exact) mass is 261 g/mol. The molecule has 2 aromatic rings. The zero-order valence-electron chi connectivity index (χ0n) is 11.2. The number of fused-ring (bicyclic) bond motifs is 1. The third-order valence-electron chi connectivity index (χ3n) is 3.91. The van der Waals surface area contributed by atoms with Gasteiger partial charge in [0.25, 0.3) is 0 Å². The summed E-state index contributed by atoms with van der Waals surface area (Å²) in [6.45, 7) is 7.81. The maximum Gasteiger partial charge on any atom is 0.170 e. The Morgan fingerprint density at radius 2 is 2.22 bits per heavy atom. The molecule has 0 N–H and O–H groups in total. The molecule has 0 unspecified atom stereocenters. The minimum absolute atomic E-state index is 0.397. The van der Waals surface area contributed by atoms with E-state index in [2.05, 4.69) is 35.9 Å². The van der Waals surface area contributed by atoms with Gasteiger partial charge in [-0.1, -0.05) is 0 Å². The van der Waals surface area contributed by atoms with Crippen LogP contribution in [0.15, 0.2) is 12.1 Å². The van der Waals surface area contributed by atoms with E-state index >= 15 is 0 Å². The molecule has 2 atom stereocenters. The van der Waals surface area contributed by atoms with Crippen LogP contribution in [-0.2, 0) is 0 Å². The van der Waals surface area contributed by atoms with Gasteiger partial charge in [-0.25, -0.2) is 9.97 Å². The van der Waals surface area contributed by atoms with Gasteiger partial charge in [0.2, 0.25) is 0 Å². The Morgan fingerprint density at radius 1 is 1.39 bits per heavy atom. The summed E-state index contributed by atoms with van der Waals surface area (Å²) in [5, 5.41) is 1.09. The van der Waals surface area contributed by atoms with Gasteiger partial charge in [0, 0.05) is 12.1 Å². The fraction of sp³-hybridized carbons (Fsp3) is 0.571. The number of aryl methyl sites for hydroxylation is 1. The van der Waals surface area contributed by atoms with E-state index in [4.69, 9.17) is 4.98 Å². The Kier molecular flexibility index (Phi) is 3.08. The summed E-state index contributed by atoms with van der Waals surface area (Å²) in [5.74, 6) is 0. The highest BCUT2D eigenvalue weighted by molar-refractivity contribution is 7.18. The molecule has 0 amide bonds. The summed E-state index contributed by atoms with van der Waals surface area (Å²) in [6, 6.07) is 5.40. The molecule has 96 valence electrons. The quantitative estimate of drug-likeness (QED) is 0.828. The Balaban J connectivity index is 1.93. The van der Waals surface area contributed by atoms with Crippen LogP contribution in [0.1, 0.15) is 43.4 Å². The van der Waals surface area contributed by atoms with E-state index in [0.717, 1.165) is 16.3 Å². The van der Waals surface area contributed by atoms with Crippen LogP contribution in [0.5, 0.6) is 0 Å². The summed E-state index contributed by atoms with van der Waals surface area (Å²) >= 11 is 1.72. The topological polar surface area (TPSA) is 29.0 Å². The van der Waals surface area contributed by atoms with E-state index in [0.29, 0.717) is 12.1 Å². The van der Waals surface area contributed by atoms with Gasteiger partial charge in [-0.15, -0.1) is 11.3 Å². The fourth-order valence-electron chi connectivity index (χ4n) is 2.87. The normalized spacial score (nSPS) is 22.7. The second-order valence-corrected chi connectivity index (χ2v) is 6.43. The van der Waals surface area contributed by atoms with Crippen LogP contribution in [0, 0.1) is 6.92 Å². The highest BCUT2D eigenvalue weighted by Crippen LogP contribution is 2.29. The number of likely N-dealkylation sites (tertiary alicyclic amines) is 1. The summed E-state index contributed by atoms with van der Waals surface area (Å²) in [6.07, 6.45) is 2.62. The van der Waals surface area contributed by atoms with Crippen LogP contribution >= 0.6 is 11.3 Å². The number of pyridine rings is 1. The van der Waals surface area contributed by atoms with Gasteiger partial charge in [-0.2, -0.15) is 0 Å². The van der Waals surface area contributed by atoms with Gasteiger partial charge in [-0.05, 0) is 52.3 Å². The lowest BCUT2D eigenvalue weighted by molar-refractivity contribution is 0.201. The molecule has 3 nitrogen and oxygen atoms in total. The molecule has 1 aliphatic heterocycles. The smallest absolute Gasteiger partial charge is 0.170 e. The molecule has 0 saturated carbocycles. The number of thiazole rings is 1. The molecule has 0 aliphatic carbocycles.